The first kappa shape index (κ1) is 23.4. The zero-order valence-corrected chi connectivity index (χ0v) is 18.1. The SMILES string of the molecule is Cc1cccc(OCC(=O)N2CCN(S(=O)(=O)c3cc(C(F)(F)F)ccc3Cl)CC2)c1. The highest BCUT2D eigenvalue weighted by molar-refractivity contribution is 7.89. The van der Waals surface area contributed by atoms with Crippen molar-refractivity contribution in [3.8, 4) is 5.75 Å². The second-order valence-electron chi connectivity index (χ2n) is 7.03. The van der Waals surface area contributed by atoms with E-state index in [2.05, 4.69) is 0 Å². The Bertz CT molecular complexity index is 1070. The van der Waals surface area contributed by atoms with E-state index in [4.69, 9.17) is 16.3 Å². The normalized spacial score (nSPS) is 15.7. The van der Waals surface area contributed by atoms with Crippen molar-refractivity contribution in [2.75, 3.05) is 32.8 Å². The first-order valence-corrected chi connectivity index (χ1v) is 11.1. The van der Waals surface area contributed by atoms with Crippen molar-refractivity contribution >= 4 is 27.5 Å². The van der Waals surface area contributed by atoms with E-state index >= 15 is 0 Å². The van der Waals surface area contributed by atoms with Crippen LogP contribution in [0, 0.1) is 6.92 Å². The van der Waals surface area contributed by atoms with E-state index in [0.717, 1.165) is 22.0 Å². The number of piperazine rings is 1. The quantitative estimate of drug-likeness (QED) is 0.661. The number of sulfonamides is 1. The van der Waals surface area contributed by atoms with Crippen molar-refractivity contribution in [2.45, 2.75) is 18.0 Å². The molecule has 0 atom stereocenters. The molecule has 168 valence electrons. The van der Waals surface area contributed by atoms with Crippen LogP contribution in [0.4, 0.5) is 13.2 Å². The Hall–Kier alpha value is -2.30. The molecule has 3 rings (SSSR count). The molecule has 2 aromatic carbocycles. The lowest BCUT2D eigenvalue weighted by Crippen LogP contribution is -2.51. The molecule has 1 aliphatic rings. The number of ether oxygens (including phenoxy) is 1. The number of benzene rings is 2. The van der Waals surface area contributed by atoms with E-state index < -0.39 is 26.7 Å². The van der Waals surface area contributed by atoms with Crippen molar-refractivity contribution in [1.29, 1.82) is 0 Å². The summed E-state index contributed by atoms with van der Waals surface area (Å²) in [5, 5.41) is -0.293. The van der Waals surface area contributed by atoms with Crippen LogP contribution in [-0.2, 0) is 21.0 Å². The maximum atomic E-state index is 13.0. The monoisotopic (exact) mass is 476 g/mol. The third-order valence-electron chi connectivity index (χ3n) is 4.82. The fourth-order valence-corrected chi connectivity index (χ4v) is 5.06. The lowest BCUT2D eigenvalue weighted by atomic mass is 10.2. The Morgan fingerprint density at radius 3 is 2.39 bits per heavy atom. The minimum atomic E-state index is -4.70. The number of alkyl halides is 3. The predicted octanol–water partition coefficient (Wildman–Crippen LogP) is 3.58. The van der Waals surface area contributed by atoms with Gasteiger partial charge in [-0.2, -0.15) is 17.5 Å². The molecule has 1 aliphatic heterocycles. The summed E-state index contributed by atoms with van der Waals surface area (Å²) in [5.41, 5.74) is -0.116. The van der Waals surface area contributed by atoms with Gasteiger partial charge in [0, 0.05) is 26.2 Å². The van der Waals surface area contributed by atoms with E-state index in [1.165, 1.54) is 4.90 Å². The van der Waals surface area contributed by atoms with E-state index in [1.54, 1.807) is 18.2 Å². The largest absolute Gasteiger partial charge is 0.484 e. The molecule has 6 nitrogen and oxygen atoms in total. The van der Waals surface area contributed by atoms with Gasteiger partial charge in [-0.05, 0) is 42.8 Å². The van der Waals surface area contributed by atoms with Gasteiger partial charge in [0.15, 0.2) is 6.61 Å². The smallest absolute Gasteiger partial charge is 0.416 e. The van der Waals surface area contributed by atoms with Gasteiger partial charge in [-0.3, -0.25) is 4.79 Å². The topological polar surface area (TPSA) is 66.9 Å². The molecular weight excluding hydrogens is 457 g/mol. The summed E-state index contributed by atoms with van der Waals surface area (Å²) in [5.74, 6) is 0.240. The molecule has 0 bridgehead atoms. The summed E-state index contributed by atoms with van der Waals surface area (Å²) in [6.45, 7) is 1.74. The van der Waals surface area contributed by atoms with Gasteiger partial charge < -0.3 is 9.64 Å². The van der Waals surface area contributed by atoms with Crippen molar-refractivity contribution in [1.82, 2.24) is 9.21 Å². The molecule has 31 heavy (non-hydrogen) atoms. The van der Waals surface area contributed by atoms with Crippen molar-refractivity contribution in [2.24, 2.45) is 0 Å². The minimum Gasteiger partial charge on any atom is -0.484 e. The number of halogens is 4. The lowest BCUT2D eigenvalue weighted by molar-refractivity contribution is -0.138. The lowest BCUT2D eigenvalue weighted by Gasteiger charge is -2.34. The van der Waals surface area contributed by atoms with Gasteiger partial charge in [-0.1, -0.05) is 23.7 Å². The highest BCUT2D eigenvalue weighted by Gasteiger charge is 2.35. The summed E-state index contributed by atoms with van der Waals surface area (Å²) in [6, 6.07) is 9.39. The van der Waals surface area contributed by atoms with Gasteiger partial charge in [0.25, 0.3) is 5.91 Å². The number of nitrogens with zero attached hydrogens (tertiary/aromatic N) is 2. The number of aryl methyl sites for hydroxylation is 1. The molecule has 0 N–H and O–H groups in total. The van der Waals surface area contributed by atoms with Crippen LogP contribution in [0.1, 0.15) is 11.1 Å². The van der Waals surface area contributed by atoms with Crippen LogP contribution in [0.15, 0.2) is 47.4 Å². The van der Waals surface area contributed by atoms with E-state index in [0.29, 0.717) is 11.8 Å². The maximum Gasteiger partial charge on any atom is 0.416 e. The Labute approximate surface area is 183 Å². The average Bonchev–Trinajstić information content (AvgIpc) is 2.71. The number of hydrogen-bond acceptors (Lipinski definition) is 4. The molecule has 1 heterocycles. The highest BCUT2D eigenvalue weighted by Crippen LogP contribution is 2.34. The summed E-state index contributed by atoms with van der Waals surface area (Å²) in [4.78, 5) is 13.2. The molecule has 0 unspecified atom stereocenters. The standard InChI is InChI=1S/C20H20ClF3N2O4S/c1-14-3-2-4-16(11-14)30-13-19(27)25-7-9-26(10-8-25)31(28,29)18-12-15(20(22,23)24)5-6-17(18)21/h2-6,11-12H,7-10,13H2,1H3. The number of hydrogen-bond donors (Lipinski definition) is 0. The van der Waals surface area contributed by atoms with Gasteiger partial charge in [-0.15, -0.1) is 0 Å². The molecule has 0 saturated carbocycles. The number of amides is 1. The second-order valence-corrected chi connectivity index (χ2v) is 9.35. The van der Waals surface area contributed by atoms with E-state index in [1.807, 2.05) is 13.0 Å². The molecule has 1 fully saturated rings. The van der Waals surface area contributed by atoms with Crippen LogP contribution >= 0.6 is 11.6 Å². The summed E-state index contributed by atoms with van der Waals surface area (Å²) < 4.78 is 71.2. The van der Waals surface area contributed by atoms with Gasteiger partial charge in [0.2, 0.25) is 10.0 Å². The number of rotatable bonds is 5. The average molecular weight is 477 g/mol. The minimum absolute atomic E-state index is 0.0644. The van der Waals surface area contributed by atoms with Gasteiger partial charge in [0.1, 0.15) is 10.6 Å². The molecule has 0 aliphatic carbocycles. The first-order valence-electron chi connectivity index (χ1n) is 9.32. The Morgan fingerprint density at radius 2 is 1.77 bits per heavy atom. The third kappa shape index (κ3) is 5.50. The summed E-state index contributed by atoms with van der Waals surface area (Å²) in [6.07, 6.45) is -4.70. The van der Waals surface area contributed by atoms with Crippen LogP contribution < -0.4 is 4.74 Å². The van der Waals surface area contributed by atoms with Crippen LogP contribution in [-0.4, -0.2) is 56.3 Å². The molecule has 0 radical (unpaired) electrons. The van der Waals surface area contributed by atoms with Crippen LogP contribution in [0.3, 0.4) is 0 Å². The molecule has 2 aromatic rings. The number of carbonyl (C=O) groups excluding carboxylic acids is 1. The van der Waals surface area contributed by atoms with Crippen LogP contribution in [0.2, 0.25) is 5.02 Å². The van der Waals surface area contributed by atoms with Gasteiger partial charge in [-0.25, -0.2) is 8.42 Å². The first-order chi connectivity index (χ1) is 14.5. The van der Waals surface area contributed by atoms with Crippen molar-refractivity contribution in [3.63, 3.8) is 0 Å². The molecule has 0 aromatic heterocycles. The van der Waals surface area contributed by atoms with Crippen molar-refractivity contribution in [3.05, 3.63) is 58.6 Å². The Balaban J connectivity index is 1.64. The molecule has 11 heteroatoms. The Morgan fingerprint density at radius 1 is 1.10 bits per heavy atom. The van der Waals surface area contributed by atoms with E-state index in [-0.39, 0.29) is 43.7 Å². The zero-order chi connectivity index (χ0) is 22.8. The van der Waals surface area contributed by atoms with Crippen LogP contribution in [0.25, 0.3) is 0 Å². The summed E-state index contributed by atoms with van der Waals surface area (Å²) in [7, 11) is -4.25. The molecular formula is C20H20ClF3N2O4S. The van der Waals surface area contributed by atoms with Gasteiger partial charge in [0.05, 0.1) is 10.6 Å². The van der Waals surface area contributed by atoms with Crippen LogP contribution in [0.5, 0.6) is 5.75 Å². The molecule has 0 spiro atoms. The molecule has 1 amide bonds. The summed E-state index contributed by atoms with van der Waals surface area (Å²) >= 11 is 5.89. The fourth-order valence-electron chi connectivity index (χ4n) is 3.14. The molecule has 1 saturated heterocycles. The van der Waals surface area contributed by atoms with E-state index in [9.17, 15) is 26.4 Å². The van der Waals surface area contributed by atoms with Crippen molar-refractivity contribution < 1.29 is 31.1 Å². The predicted molar refractivity (Wildman–Crippen MR) is 108 cm³/mol. The Kier molecular flexibility index (Phi) is 6.82. The fraction of sp³-hybridized carbons (Fsp3) is 0.350. The second kappa shape index (κ2) is 9.05. The van der Waals surface area contributed by atoms with Gasteiger partial charge >= 0.3 is 6.18 Å². The third-order valence-corrected chi connectivity index (χ3v) is 7.20. The highest BCUT2D eigenvalue weighted by atomic mass is 35.5. The zero-order valence-electron chi connectivity index (χ0n) is 16.5. The number of carbonyl (C=O) groups is 1. The maximum absolute atomic E-state index is 13.0.